The summed E-state index contributed by atoms with van der Waals surface area (Å²) in [7, 11) is 0. The van der Waals surface area contributed by atoms with E-state index >= 15 is 0 Å². The highest BCUT2D eigenvalue weighted by molar-refractivity contribution is 5.86. The predicted octanol–water partition coefficient (Wildman–Crippen LogP) is 4.37. The van der Waals surface area contributed by atoms with Gasteiger partial charge in [0.15, 0.2) is 0 Å². The number of hydrogen-bond acceptors (Lipinski definition) is 2. The van der Waals surface area contributed by atoms with Crippen molar-refractivity contribution in [2.75, 3.05) is 0 Å². The first kappa shape index (κ1) is 14.3. The molecule has 0 atom stereocenters. The Kier molecular flexibility index (Phi) is 3.40. The van der Waals surface area contributed by atoms with Crippen LogP contribution in [0.1, 0.15) is 43.2 Å². The van der Waals surface area contributed by atoms with Crippen molar-refractivity contribution in [2.24, 2.45) is 5.73 Å². The number of rotatable bonds is 1. The molecule has 1 aliphatic carbocycles. The molecule has 2 nitrogen and oxygen atoms in total. The highest BCUT2D eigenvalue weighted by Gasteiger charge is 2.34. The molecule has 0 unspecified atom stereocenters. The van der Waals surface area contributed by atoms with Gasteiger partial charge in [0.1, 0.15) is 0 Å². The maximum atomic E-state index is 13.0. The Morgan fingerprint density at radius 1 is 1.05 bits per heavy atom. The molecule has 1 aliphatic rings. The lowest BCUT2D eigenvalue weighted by Gasteiger charge is -2.34. The lowest BCUT2D eigenvalue weighted by atomic mass is 9.77. The monoisotopic (exact) mass is 294 g/mol. The summed E-state index contributed by atoms with van der Waals surface area (Å²) in [6.45, 7) is 0. The molecular weight excluding hydrogens is 277 g/mol. The van der Waals surface area contributed by atoms with Crippen molar-refractivity contribution in [1.82, 2.24) is 4.98 Å². The number of hydrogen-bond donors (Lipinski definition) is 1. The summed E-state index contributed by atoms with van der Waals surface area (Å²) in [5.74, 6) is 0. The summed E-state index contributed by atoms with van der Waals surface area (Å²) in [6, 6.07) is 5.03. The topological polar surface area (TPSA) is 38.9 Å². The van der Waals surface area contributed by atoms with Crippen LogP contribution in [0, 0.1) is 0 Å². The van der Waals surface area contributed by atoms with Crippen molar-refractivity contribution in [3.8, 4) is 0 Å². The lowest BCUT2D eigenvalue weighted by Crippen LogP contribution is -2.38. The van der Waals surface area contributed by atoms with Crippen LogP contribution in [0.5, 0.6) is 0 Å². The number of benzene rings is 1. The van der Waals surface area contributed by atoms with E-state index in [-0.39, 0.29) is 5.39 Å². The van der Waals surface area contributed by atoms with Crippen molar-refractivity contribution < 1.29 is 13.2 Å². The second-order valence-electron chi connectivity index (χ2n) is 5.84. The number of nitrogens with two attached hydrogens (primary N) is 1. The molecule has 5 heteroatoms. The van der Waals surface area contributed by atoms with Crippen LogP contribution >= 0.6 is 0 Å². The predicted molar refractivity (Wildman–Crippen MR) is 75.7 cm³/mol. The first-order valence-electron chi connectivity index (χ1n) is 7.14. The SMILES string of the molecule is NC1(c2ccc3c(C(F)(F)F)cncc3c2)CCCCC1. The smallest absolute Gasteiger partial charge is 0.321 e. The molecule has 3 rings (SSSR count). The Morgan fingerprint density at radius 3 is 2.43 bits per heavy atom. The second-order valence-corrected chi connectivity index (χ2v) is 5.84. The van der Waals surface area contributed by atoms with Gasteiger partial charge in [0.25, 0.3) is 0 Å². The Morgan fingerprint density at radius 2 is 1.76 bits per heavy atom. The van der Waals surface area contributed by atoms with Gasteiger partial charge in [0.2, 0.25) is 0 Å². The molecule has 21 heavy (non-hydrogen) atoms. The van der Waals surface area contributed by atoms with E-state index in [4.69, 9.17) is 5.73 Å². The average molecular weight is 294 g/mol. The Hall–Kier alpha value is -1.62. The normalized spacial score (nSPS) is 18.9. The summed E-state index contributed by atoms with van der Waals surface area (Å²) >= 11 is 0. The molecule has 0 radical (unpaired) electrons. The van der Waals surface area contributed by atoms with Gasteiger partial charge in [-0.2, -0.15) is 13.2 Å². The highest BCUT2D eigenvalue weighted by atomic mass is 19.4. The number of alkyl halides is 3. The van der Waals surface area contributed by atoms with Crippen LogP contribution in [0.25, 0.3) is 10.8 Å². The van der Waals surface area contributed by atoms with E-state index in [9.17, 15) is 13.2 Å². The summed E-state index contributed by atoms with van der Waals surface area (Å²) in [5, 5.41) is 0.679. The van der Waals surface area contributed by atoms with Gasteiger partial charge in [0, 0.05) is 23.3 Å². The molecule has 0 bridgehead atoms. The second kappa shape index (κ2) is 4.98. The Labute approximate surface area is 121 Å². The molecule has 1 aromatic carbocycles. The van der Waals surface area contributed by atoms with Crippen LogP contribution in [-0.2, 0) is 11.7 Å². The van der Waals surface area contributed by atoms with Gasteiger partial charge < -0.3 is 5.73 Å². The van der Waals surface area contributed by atoms with Gasteiger partial charge in [-0.1, -0.05) is 31.4 Å². The minimum atomic E-state index is -4.39. The molecule has 1 saturated carbocycles. The van der Waals surface area contributed by atoms with E-state index < -0.39 is 17.3 Å². The molecule has 112 valence electrons. The van der Waals surface area contributed by atoms with Crippen molar-refractivity contribution in [1.29, 1.82) is 0 Å². The minimum Gasteiger partial charge on any atom is -0.321 e. The van der Waals surface area contributed by atoms with E-state index in [1.165, 1.54) is 18.7 Å². The van der Waals surface area contributed by atoms with Gasteiger partial charge >= 0.3 is 6.18 Å². The largest absolute Gasteiger partial charge is 0.418 e. The van der Waals surface area contributed by atoms with Gasteiger partial charge in [-0.15, -0.1) is 0 Å². The van der Waals surface area contributed by atoms with Crippen LogP contribution in [0.3, 0.4) is 0 Å². The van der Waals surface area contributed by atoms with Crippen LogP contribution in [0.4, 0.5) is 13.2 Å². The fourth-order valence-corrected chi connectivity index (χ4v) is 3.18. The zero-order valence-electron chi connectivity index (χ0n) is 11.6. The van der Waals surface area contributed by atoms with Gasteiger partial charge in [-0.05, 0) is 29.9 Å². The van der Waals surface area contributed by atoms with Crippen molar-refractivity contribution in [3.05, 3.63) is 41.7 Å². The summed E-state index contributed by atoms with van der Waals surface area (Å²) < 4.78 is 39.0. The number of fused-ring (bicyclic) bond motifs is 1. The van der Waals surface area contributed by atoms with Crippen LogP contribution in [0.15, 0.2) is 30.6 Å². The fraction of sp³-hybridized carbons (Fsp3) is 0.438. The van der Waals surface area contributed by atoms with Crippen molar-refractivity contribution >= 4 is 10.8 Å². The third kappa shape index (κ3) is 2.62. The van der Waals surface area contributed by atoms with Crippen molar-refractivity contribution in [2.45, 2.75) is 43.8 Å². The molecule has 1 aromatic heterocycles. The molecule has 1 fully saturated rings. The van der Waals surface area contributed by atoms with E-state index in [2.05, 4.69) is 4.98 Å². The minimum absolute atomic E-state index is 0.181. The molecule has 1 heterocycles. The standard InChI is InChI=1S/C16H17F3N2/c17-16(18,19)14-10-21-9-11-8-12(4-5-13(11)14)15(20)6-2-1-3-7-15/h4-5,8-10H,1-3,6-7,20H2. The highest BCUT2D eigenvalue weighted by Crippen LogP contribution is 2.38. The first-order valence-corrected chi connectivity index (χ1v) is 7.14. The quantitative estimate of drug-likeness (QED) is 0.848. The van der Waals surface area contributed by atoms with E-state index in [1.807, 2.05) is 0 Å². The van der Waals surface area contributed by atoms with E-state index in [0.717, 1.165) is 37.4 Å². The Balaban J connectivity index is 2.09. The van der Waals surface area contributed by atoms with Crippen LogP contribution < -0.4 is 5.73 Å². The number of pyridine rings is 1. The molecule has 0 amide bonds. The zero-order valence-corrected chi connectivity index (χ0v) is 11.6. The summed E-state index contributed by atoms with van der Waals surface area (Å²) in [6.07, 6.45) is 3.02. The van der Waals surface area contributed by atoms with E-state index in [1.54, 1.807) is 12.1 Å². The van der Waals surface area contributed by atoms with Crippen LogP contribution in [-0.4, -0.2) is 4.98 Å². The number of nitrogens with zero attached hydrogens (tertiary/aromatic N) is 1. The zero-order chi connectivity index (χ0) is 15.1. The maximum absolute atomic E-state index is 13.0. The van der Waals surface area contributed by atoms with E-state index in [0.29, 0.717) is 5.39 Å². The summed E-state index contributed by atoms with van der Waals surface area (Å²) in [5.41, 5.74) is 6.26. The molecular formula is C16H17F3N2. The molecule has 0 aliphatic heterocycles. The first-order chi connectivity index (χ1) is 9.90. The van der Waals surface area contributed by atoms with Crippen molar-refractivity contribution in [3.63, 3.8) is 0 Å². The average Bonchev–Trinajstić information content (AvgIpc) is 2.46. The fourth-order valence-electron chi connectivity index (χ4n) is 3.18. The third-order valence-corrected chi connectivity index (χ3v) is 4.39. The molecule has 2 aromatic rings. The number of aromatic nitrogens is 1. The molecule has 0 saturated heterocycles. The van der Waals surface area contributed by atoms with Gasteiger partial charge in [0.05, 0.1) is 5.56 Å². The molecule has 2 N–H and O–H groups in total. The molecule has 0 spiro atoms. The summed E-state index contributed by atoms with van der Waals surface area (Å²) in [4.78, 5) is 3.73. The maximum Gasteiger partial charge on any atom is 0.418 e. The lowest BCUT2D eigenvalue weighted by molar-refractivity contribution is -0.136. The third-order valence-electron chi connectivity index (χ3n) is 4.39. The van der Waals surface area contributed by atoms with Gasteiger partial charge in [-0.25, -0.2) is 0 Å². The number of halogens is 3. The van der Waals surface area contributed by atoms with Gasteiger partial charge in [-0.3, -0.25) is 4.98 Å². The van der Waals surface area contributed by atoms with Crippen LogP contribution in [0.2, 0.25) is 0 Å². The Bertz CT molecular complexity index is 658.